The standard InChI is InChI=1S/C25H16Br2N2O2/c1-2-13-31-24-18(14-19(26)16-22(24)27)15-21-23(17-9-5-3-6-10-17)28-29(25(21)30)20-11-7-4-8-12-20/h1,3-12,14-16H,13H2/b21-15-. The third-order valence-electron chi connectivity index (χ3n) is 4.56. The molecule has 0 aliphatic carbocycles. The number of halogens is 2. The van der Waals surface area contributed by atoms with Gasteiger partial charge in [-0.05, 0) is 46.3 Å². The minimum Gasteiger partial charge on any atom is -0.479 e. The Morgan fingerprint density at radius 1 is 1.03 bits per heavy atom. The number of amides is 1. The highest BCUT2D eigenvalue weighted by Crippen LogP contribution is 2.36. The third-order valence-corrected chi connectivity index (χ3v) is 5.61. The Morgan fingerprint density at radius 2 is 1.71 bits per heavy atom. The molecule has 0 spiro atoms. The minimum atomic E-state index is -0.218. The largest absolute Gasteiger partial charge is 0.479 e. The van der Waals surface area contributed by atoms with Gasteiger partial charge in [-0.1, -0.05) is 70.4 Å². The number of benzene rings is 3. The van der Waals surface area contributed by atoms with Crippen LogP contribution in [0.3, 0.4) is 0 Å². The molecule has 0 unspecified atom stereocenters. The van der Waals surface area contributed by atoms with E-state index in [1.54, 1.807) is 6.08 Å². The van der Waals surface area contributed by atoms with Crippen molar-refractivity contribution in [2.75, 3.05) is 11.6 Å². The molecule has 3 aromatic rings. The smallest absolute Gasteiger partial charge is 0.281 e. The van der Waals surface area contributed by atoms with Gasteiger partial charge in [0.2, 0.25) is 0 Å². The second-order valence-electron chi connectivity index (χ2n) is 6.62. The number of ether oxygens (including phenoxy) is 1. The lowest BCUT2D eigenvalue weighted by Crippen LogP contribution is -2.21. The van der Waals surface area contributed by atoms with Crippen molar-refractivity contribution in [3.63, 3.8) is 0 Å². The second-order valence-corrected chi connectivity index (χ2v) is 8.39. The molecule has 4 nitrogen and oxygen atoms in total. The Bertz CT molecular complexity index is 1230. The minimum absolute atomic E-state index is 0.111. The quantitative estimate of drug-likeness (QED) is 0.294. The molecule has 0 fully saturated rings. The van der Waals surface area contributed by atoms with Crippen LogP contribution in [0.1, 0.15) is 11.1 Å². The molecule has 0 saturated carbocycles. The number of hydrogen-bond acceptors (Lipinski definition) is 3. The monoisotopic (exact) mass is 534 g/mol. The van der Waals surface area contributed by atoms with Gasteiger partial charge < -0.3 is 4.74 Å². The summed E-state index contributed by atoms with van der Waals surface area (Å²) in [6.07, 6.45) is 7.17. The molecule has 0 saturated heterocycles. The number of rotatable bonds is 5. The average molecular weight is 536 g/mol. The highest BCUT2D eigenvalue weighted by Gasteiger charge is 2.32. The fourth-order valence-electron chi connectivity index (χ4n) is 3.21. The number of para-hydroxylation sites is 1. The summed E-state index contributed by atoms with van der Waals surface area (Å²) in [5.41, 5.74) is 3.31. The van der Waals surface area contributed by atoms with E-state index in [9.17, 15) is 4.79 Å². The summed E-state index contributed by atoms with van der Waals surface area (Å²) in [6, 6.07) is 22.7. The fourth-order valence-corrected chi connectivity index (χ4v) is 4.58. The van der Waals surface area contributed by atoms with E-state index in [4.69, 9.17) is 11.2 Å². The molecule has 0 N–H and O–H groups in total. The first-order chi connectivity index (χ1) is 15.1. The molecule has 3 aromatic carbocycles. The van der Waals surface area contributed by atoms with Crippen molar-refractivity contribution in [1.29, 1.82) is 0 Å². The van der Waals surface area contributed by atoms with E-state index in [1.807, 2.05) is 72.8 Å². The van der Waals surface area contributed by atoms with Crippen molar-refractivity contribution in [3.05, 3.63) is 98.4 Å². The van der Waals surface area contributed by atoms with E-state index in [0.29, 0.717) is 28.3 Å². The van der Waals surface area contributed by atoms with E-state index in [-0.39, 0.29) is 12.5 Å². The van der Waals surface area contributed by atoms with Crippen molar-refractivity contribution in [3.8, 4) is 18.1 Å². The Hall–Kier alpha value is -3.14. The first-order valence-electron chi connectivity index (χ1n) is 9.39. The van der Waals surface area contributed by atoms with Gasteiger partial charge in [0.15, 0.2) is 0 Å². The van der Waals surface area contributed by atoms with Crippen LogP contribution in [0, 0.1) is 12.3 Å². The van der Waals surface area contributed by atoms with Crippen LogP contribution in [0.2, 0.25) is 0 Å². The molecular formula is C25H16Br2N2O2. The molecule has 0 aromatic heterocycles. The van der Waals surface area contributed by atoms with Gasteiger partial charge in [-0.15, -0.1) is 6.42 Å². The Kier molecular flexibility index (Phi) is 6.36. The Labute approximate surface area is 197 Å². The molecule has 0 atom stereocenters. The molecule has 1 amide bonds. The maximum Gasteiger partial charge on any atom is 0.281 e. The lowest BCUT2D eigenvalue weighted by molar-refractivity contribution is -0.114. The molecule has 6 heteroatoms. The highest BCUT2D eigenvalue weighted by atomic mass is 79.9. The van der Waals surface area contributed by atoms with Crippen LogP contribution in [-0.2, 0) is 4.79 Å². The fraction of sp³-hybridized carbons (Fsp3) is 0.0400. The SMILES string of the molecule is C#CCOc1c(Br)cc(Br)cc1/C=C1\C(=O)N(c2ccccc2)N=C1c1ccccc1. The predicted octanol–water partition coefficient (Wildman–Crippen LogP) is 6.06. The molecule has 0 radical (unpaired) electrons. The summed E-state index contributed by atoms with van der Waals surface area (Å²) in [4.78, 5) is 13.4. The molecule has 1 aliphatic rings. The highest BCUT2D eigenvalue weighted by molar-refractivity contribution is 9.11. The van der Waals surface area contributed by atoms with Crippen molar-refractivity contribution < 1.29 is 9.53 Å². The van der Waals surface area contributed by atoms with Gasteiger partial charge in [-0.25, -0.2) is 0 Å². The molecule has 1 aliphatic heterocycles. The topological polar surface area (TPSA) is 41.9 Å². The van der Waals surface area contributed by atoms with E-state index < -0.39 is 0 Å². The molecule has 31 heavy (non-hydrogen) atoms. The first-order valence-corrected chi connectivity index (χ1v) is 11.0. The summed E-state index contributed by atoms with van der Waals surface area (Å²) in [6.45, 7) is 0.111. The zero-order valence-electron chi connectivity index (χ0n) is 16.3. The number of nitrogens with zero attached hydrogens (tertiary/aromatic N) is 2. The average Bonchev–Trinajstić information content (AvgIpc) is 3.10. The van der Waals surface area contributed by atoms with E-state index in [2.05, 4.69) is 42.9 Å². The third kappa shape index (κ3) is 4.48. The van der Waals surface area contributed by atoms with Crippen LogP contribution in [0.4, 0.5) is 5.69 Å². The molecule has 152 valence electrons. The normalized spacial score (nSPS) is 14.5. The van der Waals surface area contributed by atoms with Gasteiger partial charge in [0.05, 0.1) is 15.7 Å². The van der Waals surface area contributed by atoms with Crippen molar-refractivity contribution in [2.24, 2.45) is 5.10 Å². The van der Waals surface area contributed by atoms with Crippen molar-refractivity contribution >= 4 is 55.2 Å². The number of carbonyl (C=O) groups is 1. The number of hydrogen-bond donors (Lipinski definition) is 0. The Morgan fingerprint density at radius 3 is 2.39 bits per heavy atom. The van der Waals surface area contributed by atoms with Crippen LogP contribution >= 0.6 is 31.9 Å². The summed E-state index contributed by atoms with van der Waals surface area (Å²) < 4.78 is 7.32. The van der Waals surface area contributed by atoms with Crippen molar-refractivity contribution in [1.82, 2.24) is 0 Å². The van der Waals surface area contributed by atoms with E-state index in [1.165, 1.54) is 5.01 Å². The number of carbonyl (C=O) groups excluding carboxylic acids is 1. The van der Waals surface area contributed by atoms with E-state index >= 15 is 0 Å². The van der Waals surface area contributed by atoms with E-state index in [0.717, 1.165) is 14.5 Å². The number of hydrazone groups is 1. The van der Waals surface area contributed by atoms with Gasteiger partial charge >= 0.3 is 0 Å². The van der Waals surface area contributed by atoms with Crippen LogP contribution in [-0.4, -0.2) is 18.2 Å². The predicted molar refractivity (Wildman–Crippen MR) is 131 cm³/mol. The second kappa shape index (κ2) is 9.34. The summed E-state index contributed by atoms with van der Waals surface area (Å²) >= 11 is 7.03. The maximum atomic E-state index is 13.4. The summed E-state index contributed by atoms with van der Waals surface area (Å²) in [7, 11) is 0. The van der Waals surface area contributed by atoms with Gasteiger partial charge in [-0.3, -0.25) is 4.79 Å². The van der Waals surface area contributed by atoms with Gasteiger partial charge in [-0.2, -0.15) is 10.1 Å². The molecule has 0 bridgehead atoms. The molecule has 4 rings (SSSR count). The van der Waals surface area contributed by atoms with Crippen molar-refractivity contribution in [2.45, 2.75) is 0 Å². The van der Waals surface area contributed by atoms with Crippen LogP contribution in [0.5, 0.6) is 5.75 Å². The zero-order chi connectivity index (χ0) is 21.8. The Balaban J connectivity index is 1.87. The number of terminal acetylenes is 1. The lowest BCUT2D eigenvalue weighted by Gasteiger charge is -2.12. The van der Waals surface area contributed by atoms with Crippen LogP contribution in [0.25, 0.3) is 6.08 Å². The first kappa shape index (κ1) is 21.1. The van der Waals surface area contributed by atoms with Gasteiger partial charge in [0.25, 0.3) is 5.91 Å². The lowest BCUT2D eigenvalue weighted by atomic mass is 10.00. The molecule has 1 heterocycles. The van der Waals surface area contributed by atoms with Crippen LogP contribution in [0.15, 0.2) is 92.4 Å². The zero-order valence-corrected chi connectivity index (χ0v) is 19.4. The summed E-state index contributed by atoms with van der Waals surface area (Å²) in [5, 5.41) is 6.08. The van der Waals surface area contributed by atoms with Gasteiger partial charge in [0, 0.05) is 15.6 Å². The number of anilines is 1. The van der Waals surface area contributed by atoms with Gasteiger partial charge in [0.1, 0.15) is 18.1 Å². The maximum absolute atomic E-state index is 13.4. The van der Waals surface area contributed by atoms with Crippen LogP contribution < -0.4 is 9.75 Å². The summed E-state index contributed by atoms with van der Waals surface area (Å²) in [5.74, 6) is 2.82. The molecular weight excluding hydrogens is 520 g/mol.